The molecule has 2 aromatic rings. The van der Waals surface area contributed by atoms with E-state index in [2.05, 4.69) is 39.0 Å². The molecule has 0 bridgehead atoms. The van der Waals surface area contributed by atoms with E-state index in [1.807, 2.05) is 11.3 Å². The van der Waals surface area contributed by atoms with Gasteiger partial charge >= 0.3 is 0 Å². The molecule has 0 aliphatic heterocycles. The summed E-state index contributed by atoms with van der Waals surface area (Å²) in [5.41, 5.74) is 8.26. The van der Waals surface area contributed by atoms with Crippen LogP contribution in [0.2, 0.25) is 0 Å². The molecule has 0 unspecified atom stereocenters. The molecule has 2 nitrogen and oxygen atoms in total. The van der Waals surface area contributed by atoms with Crippen molar-refractivity contribution in [2.24, 2.45) is 5.73 Å². The van der Waals surface area contributed by atoms with Gasteiger partial charge in [0.2, 0.25) is 0 Å². The minimum atomic E-state index is 0.137. The number of aryl methyl sites for hydroxylation is 1. The highest BCUT2D eigenvalue weighted by atomic mass is 32.1. The molecule has 0 spiro atoms. The molecule has 0 radical (unpaired) electrons. The SMILES string of the molecule is CC(C)(C)c1nc2c(CCCCN)cccc2s1. The van der Waals surface area contributed by atoms with Crippen LogP contribution in [0.5, 0.6) is 0 Å². The number of nitrogens with two attached hydrogens (primary N) is 1. The predicted octanol–water partition coefficient (Wildman–Crippen LogP) is 3.88. The molecule has 0 aliphatic carbocycles. The van der Waals surface area contributed by atoms with Crippen molar-refractivity contribution < 1.29 is 0 Å². The summed E-state index contributed by atoms with van der Waals surface area (Å²) in [5, 5.41) is 1.23. The summed E-state index contributed by atoms with van der Waals surface area (Å²) >= 11 is 1.82. The van der Waals surface area contributed by atoms with Crippen LogP contribution in [0.1, 0.15) is 44.2 Å². The summed E-state index contributed by atoms with van der Waals surface area (Å²) in [4.78, 5) is 4.85. The van der Waals surface area contributed by atoms with Crippen molar-refractivity contribution in [1.29, 1.82) is 0 Å². The Balaban J connectivity index is 2.33. The molecule has 0 saturated heterocycles. The van der Waals surface area contributed by atoms with Gasteiger partial charge in [0, 0.05) is 5.41 Å². The lowest BCUT2D eigenvalue weighted by Gasteiger charge is -2.13. The van der Waals surface area contributed by atoms with E-state index >= 15 is 0 Å². The average molecular weight is 262 g/mol. The number of para-hydroxylation sites is 1. The molecule has 1 aromatic heterocycles. The molecule has 0 fully saturated rings. The standard InChI is InChI=1S/C15H22N2S/c1-15(2,3)14-17-13-11(7-4-5-10-16)8-6-9-12(13)18-14/h6,8-9H,4-5,7,10,16H2,1-3H3. The Morgan fingerprint density at radius 1 is 1.22 bits per heavy atom. The van der Waals surface area contributed by atoms with E-state index in [9.17, 15) is 0 Å². The smallest absolute Gasteiger partial charge is 0.0992 e. The van der Waals surface area contributed by atoms with E-state index in [4.69, 9.17) is 10.7 Å². The van der Waals surface area contributed by atoms with Gasteiger partial charge in [0.15, 0.2) is 0 Å². The quantitative estimate of drug-likeness (QED) is 0.849. The molecule has 0 aliphatic rings. The molecule has 1 heterocycles. The summed E-state index contributed by atoms with van der Waals surface area (Å²) in [6.45, 7) is 7.44. The molecule has 2 rings (SSSR count). The first-order valence-corrected chi connectivity index (χ1v) is 7.43. The molecule has 0 saturated carbocycles. The van der Waals surface area contributed by atoms with Crippen LogP contribution in [0.15, 0.2) is 18.2 Å². The molecule has 18 heavy (non-hydrogen) atoms. The van der Waals surface area contributed by atoms with Gasteiger partial charge < -0.3 is 5.73 Å². The van der Waals surface area contributed by atoms with E-state index < -0.39 is 0 Å². The van der Waals surface area contributed by atoms with Crippen molar-refractivity contribution in [3.63, 3.8) is 0 Å². The van der Waals surface area contributed by atoms with Gasteiger partial charge in [0.1, 0.15) is 0 Å². The molecule has 0 atom stereocenters. The fourth-order valence-electron chi connectivity index (χ4n) is 1.99. The monoisotopic (exact) mass is 262 g/mol. The third-order valence-corrected chi connectivity index (χ3v) is 4.49. The third kappa shape index (κ3) is 2.90. The Labute approximate surface area is 113 Å². The second-order valence-electron chi connectivity index (χ2n) is 5.78. The van der Waals surface area contributed by atoms with E-state index in [1.54, 1.807) is 0 Å². The zero-order valence-electron chi connectivity index (χ0n) is 11.5. The van der Waals surface area contributed by atoms with Crippen LogP contribution in [0.25, 0.3) is 10.2 Å². The minimum absolute atomic E-state index is 0.137. The van der Waals surface area contributed by atoms with Gasteiger partial charge in [0.05, 0.1) is 15.2 Å². The second kappa shape index (κ2) is 5.37. The maximum absolute atomic E-state index is 5.55. The highest BCUT2D eigenvalue weighted by Gasteiger charge is 2.19. The van der Waals surface area contributed by atoms with Crippen molar-refractivity contribution >= 4 is 21.6 Å². The third-order valence-electron chi connectivity index (χ3n) is 3.04. The number of thiazole rings is 1. The van der Waals surface area contributed by atoms with Crippen LogP contribution in [-0.2, 0) is 11.8 Å². The maximum Gasteiger partial charge on any atom is 0.0992 e. The van der Waals surface area contributed by atoms with Crippen molar-refractivity contribution in [2.75, 3.05) is 6.54 Å². The summed E-state index contributed by atoms with van der Waals surface area (Å²) in [5.74, 6) is 0. The minimum Gasteiger partial charge on any atom is -0.330 e. The molecule has 2 N–H and O–H groups in total. The summed E-state index contributed by atoms with van der Waals surface area (Å²) in [6.07, 6.45) is 3.33. The number of fused-ring (bicyclic) bond motifs is 1. The van der Waals surface area contributed by atoms with Gasteiger partial charge in [-0.25, -0.2) is 4.98 Å². The van der Waals surface area contributed by atoms with Gasteiger partial charge in [-0.1, -0.05) is 32.9 Å². The fourth-order valence-corrected chi connectivity index (χ4v) is 3.06. The Kier molecular flexibility index (Phi) is 4.03. The topological polar surface area (TPSA) is 38.9 Å². The number of nitrogens with zero attached hydrogens (tertiary/aromatic N) is 1. The molecule has 1 aromatic carbocycles. The van der Waals surface area contributed by atoms with E-state index in [0.717, 1.165) is 25.8 Å². The lowest BCUT2D eigenvalue weighted by molar-refractivity contribution is 0.587. The van der Waals surface area contributed by atoms with Crippen molar-refractivity contribution in [2.45, 2.75) is 45.4 Å². The van der Waals surface area contributed by atoms with Gasteiger partial charge in [0.25, 0.3) is 0 Å². The van der Waals surface area contributed by atoms with Crippen LogP contribution >= 0.6 is 11.3 Å². The van der Waals surface area contributed by atoms with Gasteiger partial charge in [-0.15, -0.1) is 11.3 Å². The van der Waals surface area contributed by atoms with Gasteiger partial charge in [-0.05, 0) is 37.4 Å². The van der Waals surface area contributed by atoms with Crippen LogP contribution in [0.3, 0.4) is 0 Å². The normalized spacial score (nSPS) is 12.2. The highest BCUT2D eigenvalue weighted by Crippen LogP contribution is 2.32. The lowest BCUT2D eigenvalue weighted by atomic mass is 9.98. The second-order valence-corrected chi connectivity index (χ2v) is 6.81. The van der Waals surface area contributed by atoms with Gasteiger partial charge in [-0.3, -0.25) is 0 Å². The molecular weight excluding hydrogens is 240 g/mol. The average Bonchev–Trinajstić information content (AvgIpc) is 2.73. The summed E-state index contributed by atoms with van der Waals surface area (Å²) in [7, 11) is 0. The van der Waals surface area contributed by atoms with E-state index in [0.29, 0.717) is 0 Å². The number of unbranched alkanes of at least 4 members (excludes halogenated alkanes) is 1. The Bertz CT molecular complexity index is 523. The number of rotatable bonds is 4. The lowest BCUT2D eigenvalue weighted by Crippen LogP contribution is -2.10. The first-order valence-electron chi connectivity index (χ1n) is 6.61. The zero-order chi connectivity index (χ0) is 13.2. The van der Waals surface area contributed by atoms with Crippen LogP contribution in [-0.4, -0.2) is 11.5 Å². The Morgan fingerprint density at radius 2 is 2.00 bits per heavy atom. The maximum atomic E-state index is 5.55. The fraction of sp³-hybridized carbons (Fsp3) is 0.533. The van der Waals surface area contributed by atoms with Crippen LogP contribution in [0.4, 0.5) is 0 Å². The molecule has 3 heteroatoms. The van der Waals surface area contributed by atoms with Crippen LogP contribution < -0.4 is 5.73 Å². The molecule has 0 amide bonds. The predicted molar refractivity (Wildman–Crippen MR) is 80.3 cm³/mol. The van der Waals surface area contributed by atoms with Crippen molar-refractivity contribution in [1.82, 2.24) is 4.98 Å². The highest BCUT2D eigenvalue weighted by molar-refractivity contribution is 7.18. The van der Waals surface area contributed by atoms with E-state index in [1.165, 1.54) is 20.8 Å². The number of aromatic nitrogens is 1. The Hall–Kier alpha value is -0.930. The summed E-state index contributed by atoms with van der Waals surface area (Å²) < 4.78 is 1.31. The van der Waals surface area contributed by atoms with Crippen molar-refractivity contribution in [3.05, 3.63) is 28.8 Å². The van der Waals surface area contributed by atoms with Gasteiger partial charge in [-0.2, -0.15) is 0 Å². The number of benzene rings is 1. The summed E-state index contributed by atoms with van der Waals surface area (Å²) in [6, 6.07) is 6.52. The van der Waals surface area contributed by atoms with Crippen LogP contribution in [0, 0.1) is 0 Å². The molecule has 98 valence electrons. The molecular formula is C15H22N2S. The largest absolute Gasteiger partial charge is 0.330 e. The zero-order valence-corrected chi connectivity index (χ0v) is 12.3. The first-order chi connectivity index (χ1) is 8.52. The van der Waals surface area contributed by atoms with E-state index in [-0.39, 0.29) is 5.41 Å². The number of hydrogen-bond acceptors (Lipinski definition) is 3. The van der Waals surface area contributed by atoms with Crippen molar-refractivity contribution in [3.8, 4) is 0 Å². The number of hydrogen-bond donors (Lipinski definition) is 1. The Morgan fingerprint density at radius 3 is 2.67 bits per heavy atom. The first kappa shape index (κ1) is 13.5.